The molecule has 86 valence electrons. The Morgan fingerprint density at radius 2 is 2.35 bits per heavy atom. The van der Waals surface area contributed by atoms with Crippen LogP contribution >= 0.6 is 0 Å². The Labute approximate surface area is 98.5 Å². The molecule has 0 aliphatic heterocycles. The van der Waals surface area contributed by atoms with Crippen molar-refractivity contribution in [1.82, 2.24) is 9.97 Å². The summed E-state index contributed by atoms with van der Waals surface area (Å²) in [6.45, 7) is 2.02. The van der Waals surface area contributed by atoms with Crippen LogP contribution in [0, 0.1) is 22.7 Å². The van der Waals surface area contributed by atoms with Gasteiger partial charge in [-0.15, -0.1) is 0 Å². The average molecular weight is 228 g/mol. The summed E-state index contributed by atoms with van der Waals surface area (Å²) in [5.41, 5.74) is 0.396. The molecular weight excluding hydrogens is 216 g/mol. The van der Waals surface area contributed by atoms with Crippen LogP contribution in [-0.2, 0) is 4.79 Å². The lowest BCUT2D eigenvalue weighted by atomic mass is 9.88. The summed E-state index contributed by atoms with van der Waals surface area (Å²) in [5.74, 6) is -0.0869. The highest BCUT2D eigenvalue weighted by molar-refractivity contribution is 6.15. The molecule has 4 nitrogen and oxygen atoms in total. The number of hydrogen-bond donors (Lipinski definition) is 0. The van der Waals surface area contributed by atoms with E-state index in [1.165, 1.54) is 6.33 Å². The van der Waals surface area contributed by atoms with Crippen molar-refractivity contribution in [3.05, 3.63) is 24.3 Å². The molecular formula is C13H12N2O2. The fourth-order valence-corrected chi connectivity index (χ4v) is 3.95. The predicted molar refractivity (Wildman–Crippen MR) is 58.1 cm³/mol. The fourth-order valence-electron chi connectivity index (χ4n) is 3.95. The van der Waals surface area contributed by atoms with Crippen molar-refractivity contribution in [2.45, 2.75) is 19.8 Å². The molecule has 3 fully saturated rings. The zero-order chi connectivity index (χ0) is 11.8. The SMILES string of the molecule is CC12CC13CC3C(C(=O)c1ccncn1)C2=O. The zero-order valence-electron chi connectivity index (χ0n) is 9.51. The van der Waals surface area contributed by atoms with Crippen LogP contribution in [0.1, 0.15) is 30.3 Å². The molecule has 0 amide bonds. The van der Waals surface area contributed by atoms with Gasteiger partial charge in [0.2, 0.25) is 0 Å². The maximum Gasteiger partial charge on any atom is 0.192 e. The molecule has 4 heteroatoms. The summed E-state index contributed by atoms with van der Waals surface area (Å²) in [5, 5.41) is 0. The highest BCUT2D eigenvalue weighted by atomic mass is 16.2. The smallest absolute Gasteiger partial charge is 0.192 e. The molecule has 1 heterocycles. The molecule has 4 unspecified atom stereocenters. The van der Waals surface area contributed by atoms with Gasteiger partial charge in [0, 0.05) is 11.6 Å². The maximum absolute atomic E-state index is 12.3. The van der Waals surface area contributed by atoms with Gasteiger partial charge in [-0.2, -0.15) is 0 Å². The number of rotatable bonds is 2. The maximum atomic E-state index is 12.3. The number of nitrogens with zero attached hydrogens (tertiary/aromatic N) is 2. The normalized spacial score (nSPS) is 45.1. The first kappa shape index (κ1) is 9.45. The topological polar surface area (TPSA) is 59.9 Å². The Bertz CT molecular complexity index is 556. The number of Topliss-reactive ketones (excluding diaryl/α,β-unsaturated/α-hetero) is 2. The molecule has 0 radical (unpaired) electrons. The molecule has 0 bridgehead atoms. The van der Waals surface area contributed by atoms with Crippen LogP contribution in [0.25, 0.3) is 0 Å². The third-order valence-electron chi connectivity index (χ3n) is 5.12. The van der Waals surface area contributed by atoms with E-state index in [1.807, 2.05) is 6.92 Å². The summed E-state index contributed by atoms with van der Waals surface area (Å²) in [4.78, 5) is 32.3. The Kier molecular flexibility index (Phi) is 1.37. The molecule has 0 N–H and O–H groups in total. The standard InChI is InChI=1S/C13H12N2O2/c1-12-5-13(12)4-7(13)9(11(12)17)10(16)8-2-3-14-6-15-8/h2-3,6-7,9H,4-5H2,1H3. The predicted octanol–water partition coefficient (Wildman–Crippen LogP) is 1.27. The number of carbonyl (C=O) groups is 2. The van der Waals surface area contributed by atoms with E-state index in [0.29, 0.717) is 11.6 Å². The lowest BCUT2D eigenvalue weighted by Gasteiger charge is -2.13. The van der Waals surface area contributed by atoms with Crippen LogP contribution in [0.2, 0.25) is 0 Å². The number of hydrogen-bond acceptors (Lipinski definition) is 4. The molecule has 3 aliphatic rings. The number of carbonyl (C=O) groups excluding carboxylic acids is 2. The third-order valence-corrected chi connectivity index (χ3v) is 5.12. The Hall–Kier alpha value is -1.58. The number of aromatic nitrogens is 2. The quantitative estimate of drug-likeness (QED) is 0.565. The minimum absolute atomic E-state index is 0.104. The molecule has 1 aromatic rings. The van der Waals surface area contributed by atoms with Crippen LogP contribution in [0.5, 0.6) is 0 Å². The van der Waals surface area contributed by atoms with Crippen LogP contribution in [0.3, 0.4) is 0 Å². The van der Waals surface area contributed by atoms with Crippen molar-refractivity contribution in [3.8, 4) is 0 Å². The van der Waals surface area contributed by atoms with Crippen LogP contribution in [0.15, 0.2) is 18.6 Å². The molecule has 0 aromatic carbocycles. The average Bonchev–Trinajstić information content (AvgIpc) is 3.18. The Balaban J connectivity index is 1.70. The third kappa shape index (κ3) is 0.875. The molecule has 17 heavy (non-hydrogen) atoms. The van der Waals surface area contributed by atoms with Gasteiger partial charge in [0.05, 0.1) is 5.92 Å². The minimum Gasteiger partial charge on any atom is -0.298 e. The summed E-state index contributed by atoms with van der Waals surface area (Å²) < 4.78 is 0. The van der Waals surface area contributed by atoms with E-state index < -0.39 is 5.92 Å². The van der Waals surface area contributed by atoms with Crippen molar-refractivity contribution >= 4 is 11.6 Å². The van der Waals surface area contributed by atoms with E-state index in [-0.39, 0.29) is 22.4 Å². The minimum atomic E-state index is -0.427. The fraction of sp³-hybridized carbons (Fsp3) is 0.538. The van der Waals surface area contributed by atoms with Gasteiger partial charge in [0.1, 0.15) is 12.0 Å². The largest absolute Gasteiger partial charge is 0.298 e. The second-order valence-electron chi connectivity index (χ2n) is 5.78. The van der Waals surface area contributed by atoms with E-state index in [0.717, 1.165) is 12.8 Å². The highest BCUT2D eigenvalue weighted by Gasteiger charge is 2.88. The Morgan fingerprint density at radius 1 is 1.53 bits per heavy atom. The Morgan fingerprint density at radius 3 is 2.94 bits per heavy atom. The van der Waals surface area contributed by atoms with Crippen molar-refractivity contribution in [2.24, 2.45) is 22.7 Å². The van der Waals surface area contributed by atoms with Gasteiger partial charge in [-0.3, -0.25) is 9.59 Å². The van der Waals surface area contributed by atoms with Crippen LogP contribution in [0.4, 0.5) is 0 Å². The second-order valence-corrected chi connectivity index (χ2v) is 5.78. The van der Waals surface area contributed by atoms with Gasteiger partial charge in [0.15, 0.2) is 11.6 Å². The van der Waals surface area contributed by atoms with E-state index in [1.54, 1.807) is 12.3 Å². The van der Waals surface area contributed by atoms with Gasteiger partial charge in [-0.05, 0) is 30.2 Å². The van der Waals surface area contributed by atoms with Gasteiger partial charge in [-0.1, -0.05) is 6.92 Å². The summed E-state index contributed by atoms with van der Waals surface area (Å²) in [6, 6.07) is 1.59. The van der Waals surface area contributed by atoms with E-state index in [2.05, 4.69) is 9.97 Å². The van der Waals surface area contributed by atoms with Crippen LogP contribution < -0.4 is 0 Å². The van der Waals surface area contributed by atoms with Crippen molar-refractivity contribution in [1.29, 1.82) is 0 Å². The zero-order valence-corrected chi connectivity index (χ0v) is 9.51. The van der Waals surface area contributed by atoms with Gasteiger partial charge in [-0.25, -0.2) is 9.97 Å². The lowest BCUT2D eigenvalue weighted by Crippen LogP contribution is -2.28. The molecule has 3 saturated carbocycles. The van der Waals surface area contributed by atoms with Crippen molar-refractivity contribution < 1.29 is 9.59 Å². The molecule has 0 saturated heterocycles. The first-order valence-electron chi connectivity index (χ1n) is 5.95. The van der Waals surface area contributed by atoms with Gasteiger partial charge < -0.3 is 0 Å². The van der Waals surface area contributed by atoms with Crippen LogP contribution in [-0.4, -0.2) is 21.5 Å². The molecule has 3 aliphatic carbocycles. The molecule has 1 aromatic heterocycles. The highest BCUT2D eigenvalue weighted by Crippen LogP contribution is 2.88. The van der Waals surface area contributed by atoms with E-state index >= 15 is 0 Å². The monoisotopic (exact) mass is 228 g/mol. The molecule has 4 atom stereocenters. The van der Waals surface area contributed by atoms with E-state index in [4.69, 9.17) is 0 Å². The number of ketones is 2. The van der Waals surface area contributed by atoms with E-state index in [9.17, 15) is 9.59 Å². The second kappa shape index (κ2) is 2.47. The van der Waals surface area contributed by atoms with Gasteiger partial charge in [0.25, 0.3) is 0 Å². The lowest BCUT2D eigenvalue weighted by molar-refractivity contribution is -0.125. The first-order valence-corrected chi connectivity index (χ1v) is 5.95. The first-order chi connectivity index (χ1) is 8.10. The van der Waals surface area contributed by atoms with Crippen molar-refractivity contribution in [2.75, 3.05) is 0 Å². The summed E-state index contributed by atoms with van der Waals surface area (Å²) >= 11 is 0. The van der Waals surface area contributed by atoms with Gasteiger partial charge >= 0.3 is 0 Å². The summed E-state index contributed by atoms with van der Waals surface area (Å²) in [7, 11) is 0. The molecule has 1 spiro atoms. The molecule has 4 rings (SSSR count). The summed E-state index contributed by atoms with van der Waals surface area (Å²) in [6.07, 6.45) is 4.95. The van der Waals surface area contributed by atoms with Crippen molar-refractivity contribution in [3.63, 3.8) is 0 Å².